The van der Waals surface area contributed by atoms with E-state index < -0.39 is 35.0 Å². The smallest absolute Gasteiger partial charge is 0.341 e. The first-order chi connectivity index (χ1) is 18.8. The molecule has 1 saturated carbocycles. The summed E-state index contributed by atoms with van der Waals surface area (Å²) in [5, 5.41) is 0. The molecule has 5 rings (SSSR count). The van der Waals surface area contributed by atoms with E-state index in [2.05, 4.69) is 4.90 Å². The number of rotatable bonds is 5. The highest BCUT2D eigenvalue weighted by molar-refractivity contribution is 5.95. The zero-order valence-corrected chi connectivity index (χ0v) is 22.0. The number of halogens is 6. The predicted octanol–water partition coefficient (Wildman–Crippen LogP) is 5.67. The highest BCUT2D eigenvalue weighted by atomic mass is 19.4. The van der Waals surface area contributed by atoms with Crippen molar-refractivity contribution in [3.63, 3.8) is 0 Å². The summed E-state index contributed by atoms with van der Waals surface area (Å²) in [7, 11) is 1.84. The van der Waals surface area contributed by atoms with Crippen molar-refractivity contribution in [1.29, 1.82) is 0 Å². The van der Waals surface area contributed by atoms with Crippen molar-refractivity contribution >= 4 is 11.8 Å². The van der Waals surface area contributed by atoms with Crippen molar-refractivity contribution < 1.29 is 35.9 Å². The number of carbonyl (C=O) groups is 2. The number of alkyl halides is 6. The molecule has 0 radical (unpaired) electrons. The Balaban J connectivity index is 1.38. The predicted molar refractivity (Wildman–Crippen MR) is 135 cm³/mol. The van der Waals surface area contributed by atoms with Crippen molar-refractivity contribution in [2.45, 2.75) is 56.0 Å². The molecule has 0 N–H and O–H groups in total. The van der Waals surface area contributed by atoms with Crippen LogP contribution in [0.25, 0.3) is 0 Å². The summed E-state index contributed by atoms with van der Waals surface area (Å²) >= 11 is 0. The summed E-state index contributed by atoms with van der Waals surface area (Å²) in [6.45, 7) is 1.79. The Labute approximate surface area is 228 Å². The van der Waals surface area contributed by atoms with Gasteiger partial charge in [-0.2, -0.15) is 26.3 Å². The zero-order chi connectivity index (χ0) is 28.8. The minimum Gasteiger partial charge on any atom is -0.341 e. The van der Waals surface area contributed by atoms with Gasteiger partial charge in [0, 0.05) is 62.7 Å². The lowest BCUT2D eigenvalue weighted by Gasteiger charge is -2.43. The van der Waals surface area contributed by atoms with Crippen molar-refractivity contribution in [2.75, 3.05) is 33.2 Å². The van der Waals surface area contributed by atoms with Crippen LogP contribution in [0, 0.1) is 5.92 Å². The van der Waals surface area contributed by atoms with E-state index in [1.54, 1.807) is 0 Å². The highest BCUT2D eigenvalue weighted by Gasteiger charge is 2.43. The zero-order valence-electron chi connectivity index (χ0n) is 22.0. The third-order valence-electron chi connectivity index (χ3n) is 8.41. The van der Waals surface area contributed by atoms with Gasteiger partial charge in [0.25, 0.3) is 5.91 Å². The van der Waals surface area contributed by atoms with Gasteiger partial charge in [0.15, 0.2) is 0 Å². The Morgan fingerprint density at radius 3 is 2.02 bits per heavy atom. The number of carbonyl (C=O) groups excluding carboxylic acids is 2. The molecule has 2 amide bonds. The molecule has 3 aliphatic rings. The molecule has 0 spiro atoms. The Kier molecular flexibility index (Phi) is 7.62. The quantitative estimate of drug-likeness (QED) is 0.438. The maximum Gasteiger partial charge on any atom is 0.416 e. The summed E-state index contributed by atoms with van der Waals surface area (Å²) < 4.78 is 80.5. The van der Waals surface area contributed by atoms with E-state index in [1.807, 2.05) is 42.3 Å². The topological polar surface area (TPSA) is 43.9 Å². The molecule has 3 fully saturated rings. The summed E-state index contributed by atoms with van der Waals surface area (Å²) in [5.74, 6) is -0.759. The molecule has 3 atom stereocenters. The van der Waals surface area contributed by atoms with Crippen LogP contribution in [0.2, 0.25) is 0 Å². The third kappa shape index (κ3) is 5.99. The van der Waals surface area contributed by atoms with Crippen molar-refractivity contribution in [3.8, 4) is 0 Å². The number of likely N-dealkylation sites (N-methyl/N-ethyl adjacent to an activating group) is 1. The van der Waals surface area contributed by atoms with Gasteiger partial charge in [0.05, 0.1) is 11.1 Å². The van der Waals surface area contributed by atoms with E-state index in [0.29, 0.717) is 25.1 Å². The molecule has 40 heavy (non-hydrogen) atoms. The van der Waals surface area contributed by atoms with Crippen LogP contribution in [0.3, 0.4) is 0 Å². The van der Waals surface area contributed by atoms with Crippen LogP contribution < -0.4 is 0 Å². The van der Waals surface area contributed by atoms with Crippen molar-refractivity contribution in [2.24, 2.45) is 5.92 Å². The third-order valence-corrected chi connectivity index (χ3v) is 8.41. The van der Waals surface area contributed by atoms with E-state index in [0.717, 1.165) is 31.4 Å². The monoisotopic (exact) mass is 567 g/mol. The molecule has 1 aliphatic carbocycles. The maximum atomic E-state index is 13.4. The molecule has 5 nitrogen and oxygen atoms in total. The summed E-state index contributed by atoms with van der Waals surface area (Å²) in [4.78, 5) is 31.5. The number of hydrogen-bond acceptors (Lipinski definition) is 3. The average Bonchev–Trinajstić information content (AvgIpc) is 3.67. The first-order valence-corrected chi connectivity index (χ1v) is 13.5. The summed E-state index contributed by atoms with van der Waals surface area (Å²) in [6, 6.07) is 10.6. The lowest BCUT2D eigenvalue weighted by molar-refractivity contribution is -0.143. The molecule has 11 heteroatoms. The SMILES string of the molecule is CN(C(=O)C1CC1)C1CCN(C2CCN(C(=O)c3cc(C(F)(F)F)cc(C(F)(F)F)c3)CC2c2ccccc2)C1. The largest absolute Gasteiger partial charge is 0.416 e. The fraction of sp³-hybridized carbons (Fsp3) is 0.517. The molecular weight excluding hydrogens is 536 g/mol. The Bertz CT molecular complexity index is 1210. The van der Waals surface area contributed by atoms with Gasteiger partial charge in [0.2, 0.25) is 5.91 Å². The number of nitrogens with zero attached hydrogens (tertiary/aromatic N) is 3. The fourth-order valence-corrected chi connectivity index (χ4v) is 6.03. The molecule has 0 aromatic heterocycles. The first kappa shape index (κ1) is 28.4. The van der Waals surface area contributed by atoms with Crippen LogP contribution in [-0.4, -0.2) is 71.8 Å². The molecule has 2 heterocycles. The average molecular weight is 568 g/mol. The van der Waals surface area contributed by atoms with Crippen LogP contribution in [0.5, 0.6) is 0 Å². The molecule has 216 valence electrons. The van der Waals surface area contributed by atoms with E-state index >= 15 is 0 Å². The second-order valence-electron chi connectivity index (χ2n) is 11.1. The number of benzene rings is 2. The summed E-state index contributed by atoms with van der Waals surface area (Å²) in [6.07, 6.45) is -6.88. The van der Waals surface area contributed by atoms with Gasteiger partial charge in [-0.1, -0.05) is 30.3 Å². The molecular formula is C29H31F6N3O2. The van der Waals surface area contributed by atoms with Gasteiger partial charge < -0.3 is 9.80 Å². The Morgan fingerprint density at radius 2 is 1.45 bits per heavy atom. The first-order valence-electron chi connectivity index (χ1n) is 13.5. The molecule has 2 saturated heterocycles. The minimum atomic E-state index is -5.03. The van der Waals surface area contributed by atoms with Gasteiger partial charge in [-0.05, 0) is 49.4 Å². The fourth-order valence-electron chi connectivity index (χ4n) is 6.03. The standard InChI is InChI=1S/C29H31F6N3O2/c1-36(26(39)19-7-8-19)23-9-11-37(16-23)25-10-12-38(17-24(25)18-5-3-2-4-6-18)27(40)20-13-21(28(30,31)32)15-22(14-20)29(33,34)35/h2-6,13-15,19,23-25H,7-12,16-17H2,1H3. The molecule has 2 aromatic carbocycles. The number of likely N-dealkylation sites (tertiary alicyclic amines) is 2. The van der Waals surface area contributed by atoms with Crippen LogP contribution in [0.15, 0.2) is 48.5 Å². The second kappa shape index (κ2) is 10.7. The highest BCUT2D eigenvalue weighted by Crippen LogP contribution is 2.39. The van der Waals surface area contributed by atoms with E-state index in [1.165, 1.54) is 4.90 Å². The van der Waals surface area contributed by atoms with Crippen LogP contribution >= 0.6 is 0 Å². The van der Waals surface area contributed by atoms with Gasteiger partial charge in [-0.3, -0.25) is 14.5 Å². The molecule has 2 aromatic rings. The van der Waals surface area contributed by atoms with E-state index in [9.17, 15) is 35.9 Å². The van der Waals surface area contributed by atoms with Gasteiger partial charge in [-0.15, -0.1) is 0 Å². The summed E-state index contributed by atoms with van der Waals surface area (Å²) in [5.41, 5.74) is -2.70. The van der Waals surface area contributed by atoms with Crippen molar-refractivity contribution in [1.82, 2.24) is 14.7 Å². The van der Waals surface area contributed by atoms with Crippen LogP contribution in [0.4, 0.5) is 26.3 Å². The van der Waals surface area contributed by atoms with Gasteiger partial charge >= 0.3 is 12.4 Å². The second-order valence-corrected chi connectivity index (χ2v) is 11.1. The van der Waals surface area contributed by atoms with Crippen LogP contribution in [-0.2, 0) is 17.1 Å². The number of amides is 2. The lowest BCUT2D eigenvalue weighted by atomic mass is 9.84. The Morgan fingerprint density at radius 1 is 0.825 bits per heavy atom. The van der Waals surface area contributed by atoms with Gasteiger partial charge in [0.1, 0.15) is 0 Å². The molecule has 0 bridgehead atoms. The normalized spacial score (nSPS) is 24.3. The molecule has 2 aliphatic heterocycles. The maximum absolute atomic E-state index is 13.4. The molecule has 3 unspecified atom stereocenters. The number of piperidine rings is 1. The minimum absolute atomic E-state index is 0.00752. The van der Waals surface area contributed by atoms with E-state index in [4.69, 9.17) is 0 Å². The van der Waals surface area contributed by atoms with Crippen molar-refractivity contribution in [3.05, 3.63) is 70.8 Å². The van der Waals surface area contributed by atoms with Crippen LogP contribution in [0.1, 0.15) is 58.6 Å². The van der Waals surface area contributed by atoms with Gasteiger partial charge in [-0.25, -0.2) is 0 Å². The Hall–Kier alpha value is -3.08. The number of hydrogen-bond donors (Lipinski definition) is 0. The van der Waals surface area contributed by atoms with E-state index in [-0.39, 0.29) is 49.0 Å². The lowest BCUT2D eigenvalue weighted by Crippen LogP contribution is -2.51.